The Labute approximate surface area is 180 Å². The number of nitrogens with one attached hydrogen (secondary N) is 2. The first-order chi connectivity index (χ1) is 15.2. The zero-order valence-electron chi connectivity index (χ0n) is 17.0. The highest BCUT2D eigenvalue weighted by Gasteiger charge is 2.24. The predicted octanol–water partition coefficient (Wildman–Crippen LogP) is 1.55. The Morgan fingerprint density at radius 3 is 2.78 bits per heavy atom. The monoisotopic (exact) mass is 443 g/mol. The van der Waals surface area contributed by atoms with E-state index in [1.807, 2.05) is 0 Å². The standard InChI is InChI=1S/C21H19F2N5O4/c1-21(22,23)11-25-20(31)16-8-15(27-18-4-5-26-28(16)18)19(30)24-9-12-2-3-17-13(6-12)7-14(29)10-32-17/h2-6,8H,7,9-11H2,1H3,(H,24,30)(H,25,31). The van der Waals surface area contributed by atoms with E-state index in [4.69, 9.17) is 4.74 Å². The minimum absolute atomic E-state index is 0.0244. The number of nitrogens with zero attached hydrogens (tertiary/aromatic N) is 3. The topological polar surface area (TPSA) is 115 Å². The van der Waals surface area contributed by atoms with Crippen molar-refractivity contribution in [3.63, 3.8) is 0 Å². The van der Waals surface area contributed by atoms with E-state index in [-0.39, 0.29) is 42.4 Å². The maximum Gasteiger partial charge on any atom is 0.270 e. The molecule has 2 amide bonds. The second-order valence-electron chi connectivity index (χ2n) is 7.51. The molecule has 1 aromatic carbocycles. The van der Waals surface area contributed by atoms with Gasteiger partial charge in [0.15, 0.2) is 11.4 Å². The molecule has 32 heavy (non-hydrogen) atoms. The molecule has 3 heterocycles. The molecule has 0 fully saturated rings. The summed E-state index contributed by atoms with van der Waals surface area (Å²) >= 11 is 0. The van der Waals surface area contributed by atoms with E-state index in [1.165, 1.54) is 22.8 Å². The smallest absolute Gasteiger partial charge is 0.270 e. The average molecular weight is 443 g/mol. The summed E-state index contributed by atoms with van der Waals surface area (Å²) in [4.78, 5) is 40.9. The number of carbonyl (C=O) groups is 3. The van der Waals surface area contributed by atoms with Crippen molar-refractivity contribution < 1.29 is 27.9 Å². The molecule has 0 unspecified atom stereocenters. The van der Waals surface area contributed by atoms with Crippen LogP contribution in [0.5, 0.6) is 5.75 Å². The van der Waals surface area contributed by atoms with Crippen molar-refractivity contribution >= 4 is 23.2 Å². The van der Waals surface area contributed by atoms with Crippen LogP contribution in [0.15, 0.2) is 36.5 Å². The van der Waals surface area contributed by atoms with E-state index in [9.17, 15) is 23.2 Å². The van der Waals surface area contributed by atoms with E-state index in [0.717, 1.165) is 11.1 Å². The Balaban J connectivity index is 1.51. The number of aromatic nitrogens is 3. The third-order valence-electron chi connectivity index (χ3n) is 4.74. The number of hydrogen-bond acceptors (Lipinski definition) is 6. The van der Waals surface area contributed by atoms with Crippen LogP contribution in [0.3, 0.4) is 0 Å². The number of ether oxygens (including phenoxy) is 1. The first-order valence-electron chi connectivity index (χ1n) is 9.75. The molecule has 0 radical (unpaired) electrons. The van der Waals surface area contributed by atoms with Crippen LogP contribution in [0.1, 0.15) is 39.0 Å². The van der Waals surface area contributed by atoms with E-state index in [2.05, 4.69) is 20.7 Å². The lowest BCUT2D eigenvalue weighted by atomic mass is 10.0. The molecular formula is C21H19F2N5O4. The lowest BCUT2D eigenvalue weighted by Gasteiger charge is -2.17. The molecule has 2 N–H and O–H groups in total. The van der Waals surface area contributed by atoms with Crippen LogP contribution in [0.25, 0.3) is 5.65 Å². The zero-order chi connectivity index (χ0) is 22.9. The summed E-state index contributed by atoms with van der Waals surface area (Å²) in [5.74, 6) is -3.84. The summed E-state index contributed by atoms with van der Waals surface area (Å²) < 4.78 is 32.7. The molecule has 166 valence electrons. The van der Waals surface area contributed by atoms with Gasteiger partial charge in [0, 0.05) is 37.6 Å². The van der Waals surface area contributed by atoms with Gasteiger partial charge >= 0.3 is 0 Å². The van der Waals surface area contributed by atoms with Gasteiger partial charge in [0.2, 0.25) is 0 Å². The minimum Gasteiger partial charge on any atom is -0.486 e. The highest BCUT2D eigenvalue weighted by molar-refractivity contribution is 5.98. The van der Waals surface area contributed by atoms with E-state index >= 15 is 0 Å². The highest BCUT2D eigenvalue weighted by atomic mass is 19.3. The van der Waals surface area contributed by atoms with Gasteiger partial charge in [0.25, 0.3) is 17.7 Å². The van der Waals surface area contributed by atoms with Gasteiger partial charge in [-0.25, -0.2) is 18.3 Å². The molecule has 0 saturated carbocycles. The van der Waals surface area contributed by atoms with Gasteiger partial charge in [0.1, 0.15) is 23.7 Å². The zero-order valence-corrected chi connectivity index (χ0v) is 17.0. The normalized spacial score (nSPS) is 13.4. The Morgan fingerprint density at radius 2 is 2.00 bits per heavy atom. The van der Waals surface area contributed by atoms with Crippen LogP contribution >= 0.6 is 0 Å². The predicted molar refractivity (Wildman–Crippen MR) is 108 cm³/mol. The van der Waals surface area contributed by atoms with Gasteiger partial charge in [-0.05, 0) is 17.7 Å². The van der Waals surface area contributed by atoms with E-state index in [1.54, 1.807) is 18.2 Å². The number of alkyl halides is 2. The average Bonchev–Trinajstić information content (AvgIpc) is 3.23. The third kappa shape index (κ3) is 4.71. The fourth-order valence-electron chi connectivity index (χ4n) is 3.23. The largest absolute Gasteiger partial charge is 0.486 e. The molecule has 11 heteroatoms. The molecule has 2 aromatic heterocycles. The summed E-state index contributed by atoms with van der Waals surface area (Å²) in [5, 5.41) is 8.79. The van der Waals surface area contributed by atoms with Crippen LogP contribution in [0.2, 0.25) is 0 Å². The Hall–Kier alpha value is -3.89. The summed E-state index contributed by atoms with van der Waals surface area (Å²) in [5.41, 5.74) is 1.56. The fraction of sp³-hybridized carbons (Fsp3) is 0.286. The first-order valence-corrected chi connectivity index (χ1v) is 9.75. The molecule has 1 aliphatic heterocycles. The molecule has 9 nitrogen and oxygen atoms in total. The number of halogens is 2. The van der Waals surface area contributed by atoms with Crippen molar-refractivity contribution in [2.45, 2.75) is 25.8 Å². The number of ketones is 1. The van der Waals surface area contributed by atoms with Crippen molar-refractivity contribution in [3.05, 3.63) is 59.0 Å². The lowest BCUT2D eigenvalue weighted by molar-refractivity contribution is -0.121. The molecular weight excluding hydrogens is 424 g/mol. The molecule has 0 aliphatic carbocycles. The highest BCUT2D eigenvalue weighted by Crippen LogP contribution is 2.24. The molecule has 0 atom stereocenters. The Morgan fingerprint density at radius 1 is 1.19 bits per heavy atom. The SMILES string of the molecule is CC(F)(F)CNC(=O)c1cc(C(=O)NCc2ccc3c(c2)CC(=O)CO3)nc2ccnn12. The van der Waals surface area contributed by atoms with Crippen molar-refractivity contribution in [1.29, 1.82) is 0 Å². The Bertz CT molecular complexity index is 1220. The quantitative estimate of drug-likeness (QED) is 0.598. The number of hydrogen-bond donors (Lipinski definition) is 2. The van der Waals surface area contributed by atoms with Gasteiger partial charge in [0.05, 0.1) is 12.7 Å². The number of carbonyl (C=O) groups excluding carboxylic acids is 3. The van der Waals surface area contributed by atoms with Gasteiger partial charge < -0.3 is 15.4 Å². The van der Waals surface area contributed by atoms with Gasteiger partial charge in [-0.3, -0.25) is 14.4 Å². The number of Topliss-reactive ketones (excluding diaryl/α,β-unsaturated/α-hetero) is 1. The molecule has 3 aromatic rings. The molecule has 1 aliphatic rings. The number of benzene rings is 1. The molecule has 0 bridgehead atoms. The summed E-state index contributed by atoms with van der Waals surface area (Å²) in [6.07, 6.45) is 1.65. The van der Waals surface area contributed by atoms with Crippen LogP contribution in [-0.4, -0.2) is 51.3 Å². The van der Waals surface area contributed by atoms with Crippen molar-refractivity contribution in [2.75, 3.05) is 13.2 Å². The van der Waals surface area contributed by atoms with E-state index in [0.29, 0.717) is 12.7 Å². The van der Waals surface area contributed by atoms with Crippen LogP contribution in [0, 0.1) is 0 Å². The van der Waals surface area contributed by atoms with Gasteiger partial charge in [-0.15, -0.1) is 0 Å². The molecule has 0 spiro atoms. The Kier molecular flexibility index (Phi) is 5.56. The van der Waals surface area contributed by atoms with Crippen molar-refractivity contribution in [1.82, 2.24) is 25.2 Å². The number of rotatable bonds is 6. The van der Waals surface area contributed by atoms with Gasteiger partial charge in [-0.1, -0.05) is 6.07 Å². The van der Waals surface area contributed by atoms with Gasteiger partial charge in [-0.2, -0.15) is 5.10 Å². The summed E-state index contributed by atoms with van der Waals surface area (Å²) in [6.45, 7) is 0.0293. The molecule has 4 rings (SSSR count). The van der Waals surface area contributed by atoms with Crippen molar-refractivity contribution in [2.24, 2.45) is 0 Å². The van der Waals surface area contributed by atoms with Crippen LogP contribution in [-0.2, 0) is 17.8 Å². The second-order valence-corrected chi connectivity index (χ2v) is 7.51. The third-order valence-corrected chi connectivity index (χ3v) is 4.74. The van der Waals surface area contributed by atoms with Crippen molar-refractivity contribution in [3.8, 4) is 5.75 Å². The summed E-state index contributed by atoms with van der Waals surface area (Å²) in [7, 11) is 0. The summed E-state index contributed by atoms with van der Waals surface area (Å²) in [6, 6.07) is 7.97. The number of fused-ring (bicyclic) bond motifs is 2. The second kappa shape index (κ2) is 8.33. The molecule has 0 saturated heterocycles. The van der Waals surface area contributed by atoms with Crippen LogP contribution < -0.4 is 15.4 Å². The maximum absolute atomic E-state index is 13.1. The maximum atomic E-state index is 13.1. The van der Waals surface area contributed by atoms with E-state index < -0.39 is 24.3 Å². The fourth-order valence-corrected chi connectivity index (χ4v) is 3.23. The number of amides is 2. The first kappa shape index (κ1) is 21.3. The lowest BCUT2D eigenvalue weighted by Crippen LogP contribution is -2.36. The van der Waals surface area contributed by atoms with Crippen LogP contribution in [0.4, 0.5) is 8.78 Å². The minimum atomic E-state index is -3.09.